The quantitative estimate of drug-likeness (QED) is 0.668. The number of piperidine rings is 1. The minimum atomic E-state index is -0.0428. The molecule has 2 heterocycles. The van der Waals surface area contributed by atoms with Gasteiger partial charge in [-0.05, 0) is 54.7 Å². The highest BCUT2D eigenvalue weighted by atomic mass is 35.5. The molecule has 2 unspecified atom stereocenters. The van der Waals surface area contributed by atoms with E-state index in [1.807, 2.05) is 48.5 Å². The molecule has 0 amide bonds. The molecule has 0 N–H and O–H groups in total. The molecule has 3 aromatic rings. The molecule has 2 atom stereocenters. The topological polar surface area (TPSA) is 38.1 Å². The molecule has 4 nitrogen and oxygen atoms in total. The highest BCUT2D eigenvalue weighted by Crippen LogP contribution is 2.27. The zero-order valence-corrected chi connectivity index (χ0v) is 15.8. The largest absolute Gasteiger partial charge is 0.341 e. The summed E-state index contributed by atoms with van der Waals surface area (Å²) in [6.45, 7) is 6.33. The van der Waals surface area contributed by atoms with Crippen LogP contribution in [0.15, 0.2) is 53.3 Å². The van der Waals surface area contributed by atoms with Gasteiger partial charge in [-0.3, -0.25) is 4.79 Å². The van der Waals surface area contributed by atoms with Crippen molar-refractivity contribution in [1.29, 1.82) is 0 Å². The van der Waals surface area contributed by atoms with Crippen molar-refractivity contribution in [1.82, 2.24) is 9.55 Å². The van der Waals surface area contributed by atoms with Crippen molar-refractivity contribution >= 4 is 28.5 Å². The van der Waals surface area contributed by atoms with Crippen LogP contribution in [0.4, 0.5) is 5.95 Å². The van der Waals surface area contributed by atoms with Crippen molar-refractivity contribution in [3.05, 3.63) is 63.9 Å². The first-order chi connectivity index (χ1) is 12.5. The number of hydrogen-bond donors (Lipinski definition) is 0. The molecule has 26 heavy (non-hydrogen) atoms. The maximum atomic E-state index is 13.3. The van der Waals surface area contributed by atoms with Crippen LogP contribution < -0.4 is 10.5 Å². The van der Waals surface area contributed by atoms with E-state index in [1.54, 1.807) is 4.57 Å². The van der Waals surface area contributed by atoms with Crippen molar-refractivity contribution in [3.8, 4) is 5.69 Å². The first-order valence-corrected chi connectivity index (χ1v) is 9.43. The summed E-state index contributed by atoms with van der Waals surface area (Å²) in [7, 11) is 0. The Morgan fingerprint density at radius 2 is 1.65 bits per heavy atom. The van der Waals surface area contributed by atoms with Crippen LogP contribution in [-0.2, 0) is 0 Å². The van der Waals surface area contributed by atoms with E-state index in [-0.39, 0.29) is 5.56 Å². The molecular weight excluding hydrogens is 346 g/mol. The number of benzene rings is 2. The van der Waals surface area contributed by atoms with Gasteiger partial charge in [0.2, 0.25) is 5.95 Å². The summed E-state index contributed by atoms with van der Waals surface area (Å²) in [5.74, 6) is 1.86. The van der Waals surface area contributed by atoms with Gasteiger partial charge in [-0.2, -0.15) is 0 Å². The lowest BCUT2D eigenvalue weighted by Gasteiger charge is -2.36. The molecule has 0 aliphatic carbocycles. The number of aromatic nitrogens is 2. The maximum Gasteiger partial charge on any atom is 0.267 e. The predicted molar refractivity (Wildman–Crippen MR) is 108 cm³/mol. The fourth-order valence-electron chi connectivity index (χ4n) is 3.98. The van der Waals surface area contributed by atoms with Gasteiger partial charge in [0.05, 0.1) is 16.6 Å². The first kappa shape index (κ1) is 17.1. The lowest BCUT2D eigenvalue weighted by Crippen LogP contribution is -2.42. The molecule has 1 aliphatic rings. The van der Waals surface area contributed by atoms with E-state index in [9.17, 15) is 4.79 Å². The molecule has 4 rings (SSSR count). The third-order valence-corrected chi connectivity index (χ3v) is 5.25. The SMILES string of the molecule is CC1CC(C)CN(c2nc3ccccc3c(=O)n2-c2ccc(Cl)cc2)C1. The summed E-state index contributed by atoms with van der Waals surface area (Å²) in [6, 6.07) is 14.9. The van der Waals surface area contributed by atoms with E-state index in [4.69, 9.17) is 16.6 Å². The lowest BCUT2D eigenvalue weighted by molar-refractivity contribution is 0.352. The summed E-state index contributed by atoms with van der Waals surface area (Å²) in [5.41, 5.74) is 1.49. The third-order valence-electron chi connectivity index (χ3n) is 4.99. The molecule has 0 bridgehead atoms. The van der Waals surface area contributed by atoms with Gasteiger partial charge in [-0.15, -0.1) is 0 Å². The maximum absolute atomic E-state index is 13.3. The molecule has 1 fully saturated rings. The monoisotopic (exact) mass is 367 g/mol. The van der Waals surface area contributed by atoms with E-state index < -0.39 is 0 Å². The average Bonchev–Trinajstić information content (AvgIpc) is 2.62. The Labute approximate surface area is 158 Å². The van der Waals surface area contributed by atoms with Crippen molar-refractivity contribution in [2.75, 3.05) is 18.0 Å². The first-order valence-electron chi connectivity index (χ1n) is 9.05. The fraction of sp³-hybridized carbons (Fsp3) is 0.333. The van der Waals surface area contributed by atoms with Crippen LogP contribution in [0.25, 0.3) is 16.6 Å². The second kappa shape index (κ2) is 6.76. The second-order valence-electron chi connectivity index (χ2n) is 7.40. The fourth-order valence-corrected chi connectivity index (χ4v) is 4.11. The van der Waals surface area contributed by atoms with Crippen molar-refractivity contribution in [3.63, 3.8) is 0 Å². The molecule has 1 aromatic heterocycles. The van der Waals surface area contributed by atoms with Gasteiger partial charge in [0, 0.05) is 18.1 Å². The van der Waals surface area contributed by atoms with Gasteiger partial charge in [0.15, 0.2) is 0 Å². The molecule has 0 saturated carbocycles. The van der Waals surface area contributed by atoms with Crippen LogP contribution in [0.2, 0.25) is 5.02 Å². The summed E-state index contributed by atoms with van der Waals surface area (Å²) in [6.07, 6.45) is 1.20. The normalized spacial score (nSPS) is 20.5. The van der Waals surface area contributed by atoms with Crippen molar-refractivity contribution in [2.45, 2.75) is 20.3 Å². The zero-order chi connectivity index (χ0) is 18.3. The number of hydrogen-bond acceptors (Lipinski definition) is 3. The Balaban J connectivity index is 1.96. The minimum Gasteiger partial charge on any atom is -0.341 e. The van der Waals surface area contributed by atoms with Crippen molar-refractivity contribution in [2.24, 2.45) is 11.8 Å². The van der Waals surface area contributed by atoms with Crippen LogP contribution in [0, 0.1) is 11.8 Å². The number of halogens is 1. The highest BCUT2D eigenvalue weighted by Gasteiger charge is 2.26. The van der Waals surface area contributed by atoms with Gasteiger partial charge < -0.3 is 4.90 Å². The Morgan fingerprint density at radius 1 is 1.00 bits per heavy atom. The molecule has 1 saturated heterocycles. The minimum absolute atomic E-state index is 0.0428. The van der Waals surface area contributed by atoms with Gasteiger partial charge >= 0.3 is 0 Å². The van der Waals surface area contributed by atoms with Gasteiger partial charge in [0.1, 0.15) is 0 Å². The van der Waals surface area contributed by atoms with Crippen molar-refractivity contribution < 1.29 is 0 Å². The predicted octanol–water partition coefficient (Wildman–Crippen LogP) is 4.52. The van der Waals surface area contributed by atoms with E-state index >= 15 is 0 Å². The Bertz CT molecular complexity index is 986. The van der Waals surface area contributed by atoms with Gasteiger partial charge in [-0.25, -0.2) is 9.55 Å². The van der Waals surface area contributed by atoms with Gasteiger partial charge in [-0.1, -0.05) is 37.6 Å². The molecule has 0 radical (unpaired) electrons. The molecule has 1 aliphatic heterocycles. The second-order valence-corrected chi connectivity index (χ2v) is 7.83. The summed E-state index contributed by atoms with van der Waals surface area (Å²) >= 11 is 6.05. The Hall–Kier alpha value is -2.33. The van der Waals surface area contributed by atoms with Crippen LogP contribution >= 0.6 is 11.6 Å². The average molecular weight is 368 g/mol. The standard InChI is InChI=1S/C21H22ClN3O/c1-14-11-15(2)13-24(12-14)21-23-19-6-4-3-5-18(19)20(26)25(21)17-9-7-16(22)8-10-17/h3-10,14-15H,11-13H2,1-2H3. The summed E-state index contributed by atoms with van der Waals surface area (Å²) in [5, 5.41) is 1.28. The Morgan fingerprint density at radius 3 is 2.35 bits per heavy atom. The smallest absolute Gasteiger partial charge is 0.267 e. The zero-order valence-electron chi connectivity index (χ0n) is 15.0. The van der Waals surface area contributed by atoms with E-state index in [0.29, 0.717) is 22.2 Å². The summed E-state index contributed by atoms with van der Waals surface area (Å²) in [4.78, 5) is 20.4. The Kier molecular flexibility index (Phi) is 4.45. The number of anilines is 1. The van der Waals surface area contributed by atoms with Crippen LogP contribution in [0.1, 0.15) is 20.3 Å². The molecule has 134 valence electrons. The molecular formula is C21H22ClN3O. The summed E-state index contributed by atoms with van der Waals surface area (Å²) < 4.78 is 1.73. The van der Waals surface area contributed by atoms with E-state index in [0.717, 1.165) is 30.2 Å². The molecule has 0 spiro atoms. The van der Waals surface area contributed by atoms with Crippen LogP contribution in [-0.4, -0.2) is 22.6 Å². The van der Waals surface area contributed by atoms with Crippen LogP contribution in [0.3, 0.4) is 0 Å². The molecule has 2 aromatic carbocycles. The highest BCUT2D eigenvalue weighted by molar-refractivity contribution is 6.30. The van der Waals surface area contributed by atoms with E-state index in [1.165, 1.54) is 6.42 Å². The number of para-hydroxylation sites is 1. The number of nitrogens with zero attached hydrogens (tertiary/aromatic N) is 3. The number of fused-ring (bicyclic) bond motifs is 1. The lowest BCUT2D eigenvalue weighted by atomic mass is 9.92. The van der Waals surface area contributed by atoms with E-state index in [2.05, 4.69) is 18.7 Å². The third kappa shape index (κ3) is 3.10. The van der Waals surface area contributed by atoms with Crippen LogP contribution in [0.5, 0.6) is 0 Å². The number of rotatable bonds is 2. The molecule has 5 heteroatoms. The van der Waals surface area contributed by atoms with Gasteiger partial charge in [0.25, 0.3) is 5.56 Å².